The number of amides is 2. The smallest absolute Gasteiger partial charge is 0.414 e. The van der Waals surface area contributed by atoms with Gasteiger partial charge >= 0.3 is 6.09 Å². The maximum atomic E-state index is 14.6. The number of benzene rings is 1. The third kappa shape index (κ3) is 4.32. The molecule has 1 saturated heterocycles. The molecule has 1 unspecified atom stereocenters. The number of hydrogen-bond acceptors (Lipinski definition) is 6. The van der Waals surface area contributed by atoms with Crippen LogP contribution < -0.4 is 15.1 Å². The Balaban J connectivity index is 1.66. The number of hydrogen-bond donors (Lipinski definition) is 1. The molecule has 0 bridgehead atoms. The van der Waals surface area contributed by atoms with E-state index in [-0.39, 0.29) is 24.5 Å². The van der Waals surface area contributed by atoms with Crippen LogP contribution in [0.5, 0.6) is 0 Å². The fourth-order valence-electron chi connectivity index (χ4n) is 2.74. The Kier molecular flexibility index (Phi) is 5.97. The van der Waals surface area contributed by atoms with Gasteiger partial charge in [0.05, 0.1) is 31.0 Å². The monoisotopic (exact) mass is 415 g/mol. The molecule has 1 aromatic rings. The second-order valence-electron chi connectivity index (χ2n) is 5.99. The number of rotatable bonds is 6. The van der Waals surface area contributed by atoms with Crippen molar-refractivity contribution in [3.8, 4) is 0 Å². The minimum atomic E-state index is -2.79. The Morgan fingerprint density at radius 3 is 2.82 bits per heavy atom. The predicted molar refractivity (Wildman–Crippen MR) is 99.2 cm³/mol. The van der Waals surface area contributed by atoms with Gasteiger partial charge in [-0.25, -0.2) is 23.0 Å². The molecule has 2 heterocycles. The van der Waals surface area contributed by atoms with Crippen molar-refractivity contribution < 1.29 is 27.5 Å². The Labute approximate surface area is 163 Å². The van der Waals surface area contributed by atoms with E-state index in [0.29, 0.717) is 19.5 Å². The summed E-state index contributed by atoms with van der Waals surface area (Å²) < 4.78 is 44.5. The van der Waals surface area contributed by atoms with Crippen LogP contribution in [0.15, 0.2) is 23.3 Å². The van der Waals surface area contributed by atoms with E-state index in [1.54, 1.807) is 11.0 Å². The minimum absolute atomic E-state index is 0.0654. The Bertz CT molecular complexity index is 810. The average Bonchev–Trinajstić information content (AvgIpc) is 3.06. The van der Waals surface area contributed by atoms with Crippen molar-refractivity contribution in [2.75, 3.05) is 36.0 Å². The van der Waals surface area contributed by atoms with Gasteiger partial charge in [0.2, 0.25) is 6.41 Å². The van der Waals surface area contributed by atoms with Crippen LogP contribution >= 0.6 is 12.2 Å². The number of cyclic esters (lactones) is 1. The number of ether oxygens (including phenoxy) is 1. The minimum Gasteiger partial charge on any atom is -0.442 e. The van der Waals surface area contributed by atoms with Gasteiger partial charge in [-0.1, -0.05) is 12.2 Å². The molecule has 0 saturated carbocycles. The summed E-state index contributed by atoms with van der Waals surface area (Å²) >= 11 is 4.47. The van der Waals surface area contributed by atoms with Crippen LogP contribution in [0.2, 0.25) is 0 Å². The van der Waals surface area contributed by atoms with Gasteiger partial charge in [0.15, 0.2) is 0 Å². The van der Waals surface area contributed by atoms with Crippen LogP contribution in [0.3, 0.4) is 0 Å². The molecule has 3 rings (SSSR count). The lowest BCUT2D eigenvalue weighted by Gasteiger charge is -2.27. The molecule has 2 aliphatic rings. The standard InChI is InChI=1S/C16H16F3N5O3S/c17-12-5-10(1-2-13(12)22-3-4-23(9-25)21-8-22)24-7-11(27-16(24)26)6-20-15(28)14(18)19/h1-2,5,8-9,11,14H,3-4,6-7H2,(H,20,28). The molecule has 1 aromatic carbocycles. The second-order valence-corrected chi connectivity index (χ2v) is 6.43. The fourth-order valence-corrected chi connectivity index (χ4v) is 2.83. The largest absolute Gasteiger partial charge is 0.442 e. The van der Waals surface area contributed by atoms with E-state index in [1.807, 2.05) is 0 Å². The zero-order valence-corrected chi connectivity index (χ0v) is 15.2. The summed E-state index contributed by atoms with van der Waals surface area (Å²) in [5.74, 6) is -0.586. The van der Waals surface area contributed by atoms with E-state index in [0.717, 1.165) is 0 Å². The summed E-state index contributed by atoms with van der Waals surface area (Å²) in [5.41, 5.74) is 0.514. The van der Waals surface area contributed by atoms with Crippen molar-refractivity contribution in [2.24, 2.45) is 5.10 Å². The molecular weight excluding hydrogens is 399 g/mol. The van der Waals surface area contributed by atoms with Crippen molar-refractivity contribution in [3.63, 3.8) is 0 Å². The molecule has 2 aliphatic heterocycles. The Morgan fingerprint density at radius 2 is 2.21 bits per heavy atom. The number of carbonyl (C=O) groups excluding carboxylic acids is 2. The van der Waals surface area contributed by atoms with Crippen molar-refractivity contribution in [3.05, 3.63) is 24.0 Å². The van der Waals surface area contributed by atoms with Crippen molar-refractivity contribution in [1.82, 2.24) is 10.3 Å². The van der Waals surface area contributed by atoms with Crippen LogP contribution in [0.4, 0.5) is 29.3 Å². The van der Waals surface area contributed by atoms with E-state index < -0.39 is 29.4 Å². The van der Waals surface area contributed by atoms with E-state index in [1.165, 1.54) is 28.4 Å². The highest BCUT2D eigenvalue weighted by atomic mass is 32.1. The molecule has 1 fully saturated rings. The third-order valence-corrected chi connectivity index (χ3v) is 4.48. The first kappa shape index (κ1) is 19.9. The molecule has 0 radical (unpaired) electrons. The molecule has 8 nitrogen and oxygen atoms in total. The summed E-state index contributed by atoms with van der Waals surface area (Å²) in [5, 5.41) is 7.39. The van der Waals surface area contributed by atoms with Gasteiger partial charge < -0.3 is 15.0 Å². The van der Waals surface area contributed by atoms with E-state index in [9.17, 15) is 22.8 Å². The van der Waals surface area contributed by atoms with Crippen molar-refractivity contribution >= 4 is 47.4 Å². The Hall–Kier alpha value is -2.89. The second kappa shape index (κ2) is 8.42. The van der Waals surface area contributed by atoms with Crippen LogP contribution in [0.1, 0.15) is 0 Å². The van der Waals surface area contributed by atoms with E-state index >= 15 is 0 Å². The maximum Gasteiger partial charge on any atom is 0.414 e. The number of carbonyl (C=O) groups is 2. The number of nitrogens with one attached hydrogen (secondary N) is 1. The van der Waals surface area contributed by atoms with Crippen LogP contribution in [0, 0.1) is 5.82 Å². The number of alkyl halides is 2. The number of anilines is 2. The number of halogens is 3. The summed E-state index contributed by atoms with van der Waals surface area (Å²) in [7, 11) is 0. The van der Waals surface area contributed by atoms with Crippen molar-refractivity contribution in [2.45, 2.75) is 12.5 Å². The Morgan fingerprint density at radius 1 is 1.43 bits per heavy atom. The quantitative estimate of drug-likeness (QED) is 0.561. The lowest BCUT2D eigenvalue weighted by Crippen LogP contribution is -2.37. The predicted octanol–water partition coefficient (Wildman–Crippen LogP) is 1.55. The SMILES string of the molecule is O=CN1CCN(c2ccc(N3CC(CNC(=S)C(F)F)OC3=O)cc2F)C=N1. The lowest BCUT2D eigenvalue weighted by molar-refractivity contribution is -0.118. The number of nitrogens with zero attached hydrogens (tertiary/aromatic N) is 4. The molecule has 1 N–H and O–H groups in total. The summed E-state index contributed by atoms with van der Waals surface area (Å²) in [6.07, 6.45) is -2.28. The highest BCUT2D eigenvalue weighted by Gasteiger charge is 2.33. The zero-order chi connectivity index (χ0) is 20.3. The van der Waals surface area contributed by atoms with Crippen LogP contribution in [-0.4, -0.2) is 67.5 Å². The molecule has 0 spiro atoms. The molecule has 0 aromatic heterocycles. The normalized spacial score (nSPS) is 19.2. The van der Waals surface area contributed by atoms with Gasteiger partial charge in [-0.15, -0.1) is 0 Å². The van der Waals surface area contributed by atoms with Gasteiger partial charge in [-0.2, -0.15) is 5.10 Å². The van der Waals surface area contributed by atoms with Gasteiger partial charge in [0.1, 0.15) is 23.2 Å². The first-order valence-corrected chi connectivity index (χ1v) is 8.66. The highest BCUT2D eigenvalue weighted by Crippen LogP contribution is 2.28. The maximum absolute atomic E-state index is 14.6. The molecule has 2 amide bonds. The topological polar surface area (TPSA) is 77.5 Å². The summed E-state index contributed by atoms with van der Waals surface area (Å²) in [4.78, 5) is 24.8. The molecule has 1 atom stereocenters. The third-order valence-electron chi connectivity index (χ3n) is 4.16. The van der Waals surface area contributed by atoms with Crippen molar-refractivity contribution in [1.29, 1.82) is 0 Å². The summed E-state index contributed by atoms with van der Waals surface area (Å²) in [6.45, 7) is 0.677. The van der Waals surface area contributed by atoms with Gasteiger partial charge in [0.25, 0.3) is 6.43 Å². The first-order valence-electron chi connectivity index (χ1n) is 8.25. The molecule has 150 valence electrons. The number of hydrazone groups is 1. The highest BCUT2D eigenvalue weighted by molar-refractivity contribution is 7.80. The summed E-state index contributed by atoms with van der Waals surface area (Å²) in [6, 6.07) is 4.20. The van der Waals surface area contributed by atoms with E-state index in [2.05, 4.69) is 22.6 Å². The first-order chi connectivity index (χ1) is 13.4. The van der Waals surface area contributed by atoms with Gasteiger partial charge in [-0.05, 0) is 18.2 Å². The lowest BCUT2D eigenvalue weighted by atomic mass is 10.2. The fraction of sp³-hybridized carbons (Fsp3) is 0.375. The van der Waals surface area contributed by atoms with Gasteiger partial charge in [-0.3, -0.25) is 9.69 Å². The zero-order valence-electron chi connectivity index (χ0n) is 14.4. The molecule has 0 aliphatic carbocycles. The average molecular weight is 415 g/mol. The van der Waals surface area contributed by atoms with Crippen LogP contribution in [0.25, 0.3) is 0 Å². The van der Waals surface area contributed by atoms with Gasteiger partial charge in [0, 0.05) is 6.54 Å². The molecule has 12 heteroatoms. The van der Waals surface area contributed by atoms with E-state index in [4.69, 9.17) is 4.74 Å². The molecule has 28 heavy (non-hydrogen) atoms. The van der Waals surface area contributed by atoms with Crippen LogP contribution in [-0.2, 0) is 9.53 Å². The molecular formula is C16H16F3N5O3S. The number of thiocarbonyl (C=S) groups is 1.